The van der Waals surface area contributed by atoms with Gasteiger partial charge in [-0.2, -0.15) is 0 Å². The molecule has 0 fully saturated rings. The van der Waals surface area contributed by atoms with Gasteiger partial charge in [-0.1, -0.05) is 47.7 Å². The summed E-state index contributed by atoms with van der Waals surface area (Å²) in [5.74, 6) is 1.03. The fraction of sp³-hybridized carbons (Fsp3) is 0.143. The Morgan fingerprint density at radius 1 is 1.08 bits per heavy atom. The van der Waals surface area contributed by atoms with Crippen LogP contribution < -0.4 is 19.6 Å². The van der Waals surface area contributed by atoms with Crippen LogP contribution >= 0.6 is 56.5 Å². The summed E-state index contributed by atoms with van der Waals surface area (Å²) in [7, 11) is 1.66. The summed E-state index contributed by atoms with van der Waals surface area (Å²) in [5.41, 5.74) is 6.40. The van der Waals surface area contributed by atoms with Crippen molar-refractivity contribution in [3.63, 3.8) is 0 Å². The van der Waals surface area contributed by atoms with Crippen molar-refractivity contribution in [2.45, 2.75) is 18.9 Å². The molecule has 3 aromatic carbocycles. The first-order chi connectivity index (χ1) is 17.4. The van der Waals surface area contributed by atoms with Crippen molar-refractivity contribution in [2.24, 2.45) is 4.99 Å². The minimum absolute atomic E-state index is 0.0601. The van der Waals surface area contributed by atoms with Crippen molar-refractivity contribution in [1.29, 1.82) is 0 Å². The molecule has 36 heavy (non-hydrogen) atoms. The molecule has 2 heterocycles. The summed E-state index contributed by atoms with van der Waals surface area (Å²) in [4.78, 5) is 19.6. The lowest BCUT2D eigenvalue weighted by Gasteiger charge is -2.31. The van der Waals surface area contributed by atoms with E-state index < -0.39 is 0 Å². The molecule has 1 aliphatic heterocycles. The summed E-state index contributed by atoms with van der Waals surface area (Å²) < 4.78 is 9.48. The fourth-order valence-electron chi connectivity index (χ4n) is 4.95. The molecule has 1 atom stereocenters. The maximum absolute atomic E-state index is 13.9. The van der Waals surface area contributed by atoms with E-state index in [1.165, 1.54) is 16.9 Å². The summed E-state index contributed by atoms with van der Waals surface area (Å²) in [6.45, 7) is 0. The Morgan fingerprint density at radius 3 is 2.64 bits per heavy atom. The molecule has 0 spiro atoms. The van der Waals surface area contributed by atoms with Gasteiger partial charge in [0.05, 0.1) is 30.5 Å². The number of thiazole rings is 1. The molecule has 0 amide bonds. The zero-order valence-corrected chi connectivity index (χ0v) is 24.3. The summed E-state index contributed by atoms with van der Waals surface area (Å²) in [6.07, 6.45) is 3.66. The summed E-state index contributed by atoms with van der Waals surface area (Å²) in [6, 6.07) is 19.9. The molecule has 1 aromatic heterocycles. The number of phenols is 1. The Bertz CT molecular complexity index is 1730. The Hall–Kier alpha value is -2.44. The third kappa shape index (κ3) is 4.03. The molecule has 0 saturated carbocycles. The number of phenolic OH excluding ortho intramolecular Hbond substituents is 1. The second-order valence-corrected chi connectivity index (χ2v) is 12.1. The molecule has 8 heteroatoms. The quantitative estimate of drug-likeness (QED) is 0.295. The number of nitrogens with zero attached hydrogens (tertiary/aromatic N) is 2. The van der Waals surface area contributed by atoms with Gasteiger partial charge in [0.2, 0.25) is 0 Å². The van der Waals surface area contributed by atoms with Gasteiger partial charge >= 0.3 is 0 Å². The number of ether oxygens (including phenoxy) is 1. The van der Waals surface area contributed by atoms with Crippen LogP contribution in [0.15, 0.2) is 76.0 Å². The second kappa shape index (κ2) is 9.46. The first kappa shape index (κ1) is 23.9. The van der Waals surface area contributed by atoms with Gasteiger partial charge in [0, 0.05) is 5.56 Å². The van der Waals surface area contributed by atoms with Gasteiger partial charge in [-0.25, -0.2) is 4.99 Å². The van der Waals surface area contributed by atoms with E-state index in [9.17, 15) is 9.90 Å². The number of aromatic nitrogens is 1. The lowest BCUT2D eigenvalue weighted by atomic mass is 9.83. The van der Waals surface area contributed by atoms with Gasteiger partial charge < -0.3 is 9.84 Å². The van der Waals surface area contributed by atoms with Gasteiger partial charge in [-0.3, -0.25) is 9.36 Å². The average Bonchev–Trinajstić information content (AvgIpc) is 3.20. The first-order valence-corrected chi connectivity index (χ1v) is 14.4. The third-order valence-corrected chi connectivity index (χ3v) is 9.25. The van der Waals surface area contributed by atoms with Crippen LogP contribution in [0.1, 0.15) is 34.7 Å². The molecule has 0 bridgehead atoms. The molecule has 5 nitrogen and oxygen atoms in total. The molecule has 2 aliphatic rings. The van der Waals surface area contributed by atoms with Crippen molar-refractivity contribution >= 4 is 68.3 Å². The normalized spacial score (nSPS) is 16.8. The highest BCUT2D eigenvalue weighted by molar-refractivity contribution is 14.1. The van der Waals surface area contributed by atoms with Gasteiger partial charge in [0.1, 0.15) is 11.5 Å². The van der Waals surface area contributed by atoms with E-state index in [0.29, 0.717) is 9.33 Å². The maximum Gasteiger partial charge on any atom is 0.271 e. The van der Waals surface area contributed by atoms with Crippen molar-refractivity contribution in [3.05, 3.63) is 115 Å². The smallest absolute Gasteiger partial charge is 0.271 e. The molecular weight excluding hydrogens is 698 g/mol. The number of aromatic hydroxyl groups is 1. The van der Waals surface area contributed by atoms with E-state index in [0.717, 1.165) is 53.7 Å². The molecule has 0 radical (unpaired) electrons. The number of fused-ring (bicyclic) bond motifs is 3. The summed E-state index contributed by atoms with van der Waals surface area (Å²) in [5, 5.41) is 10.2. The highest BCUT2D eigenvalue weighted by atomic mass is 127. The number of aryl methyl sites for hydroxylation is 1. The van der Waals surface area contributed by atoms with E-state index in [1.807, 2.05) is 47.0 Å². The predicted molar refractivity (Wildman–Crippen MR) is 159 cm³/mol. The van der Waals surface area contributed by atoms with Gasteiger partial charge in [-0.15, -0.1) is 0 Å². The van der Waals surface area contributed by atoms with E-state index in [2.05, 4.69) is 69.4 Å². The van der Waals surface area contributed by atoms with Crippen molar-refractivity contribution in [2.75, 3.05) is 7.11 Å². The third-order valence-electron chi connectivity index (χ3n) is 6.62. The van der Waals surface area contributed by atoms with E-state index >= 15 is 0 Å². The Morgan fingerprint density at radius 2 is 1.86 bits per heavy atom. The van der Waals surface area contributed by atoms with Crippen molar-refractivity contribution < 1.29 is 9.84 Å². The molecule has 6 rings (SSSR count). The van der Waals surface area contributed by atoms with Crippen molar-refractivity contribution in [1.82, 2.24) is 4.57 Å². The van der Waals surface area contributed by atoms with Gasteiger partial charge in [-0.05, 0) is 111 Å². The van der Waals surface area contributed by atoms with Crippen LogP contribution in [0.4, 0.5) is 0 Å². The van der Waals surface area contributed by atoms with Crippen LogP contribution in [0.5, 0.6) is 11.5 Å². The number of hydrogen-bond donors (Lipinski definition) is 1. The van der Waals surface area contributed by atoms with Gasteiger partial charge in [0.25, 0.3) is 5.56 Å². The van der Waals surface area contributed by atoms with E-state index in [4.69, 9.17) is 9.73 Å². The fourth-order valence-corrected chi connectivity index (χ4v) is 7.77. The van der Waals surface area contributed by atoms with Crippen LogP contribution in [-0.4, -0.2) is 16.8 Å². The summed E-state index contributed by atoms with van der Waals surface area (Å²) >= 11 is 5.63. The zero-order valence-electron chi connectivity index (χ0n) is 19.2. The molecule has 4 aromatic rings. The SMILES string of the molecule is COc1cccc(C2C3=C(N=c4s/c(=C\c5cc(I)c(O)c(I)c5)c(=O)n42)c2ccccc2CC3)c1. The maximum atomic E-state index is 13.9. The molecule has 1 N–H and O–H groups in total. The van der Waals surface area contributed by atoms with Crippen molar-refractivity contribution in [3.8, 4) is 11.5 Å². The minimum atomic E-state index is -0.248. The van der Waals surface area contributed by atoms with E-state index in [-0.39, 0.29) is 17.4 Å². The largest absolute Gasteiger partial charge is 0.506 e. The lowest BCUT2D eigenvalue weighted by molar-refractivity contribution is 0.413. The number of hydrogen-bond acceptors (Lipinski definition) is 5. The monoisotopic (exact) mass is 718 g/mol. The molecule has 1 aliphatic carbocycles. The Kier molecular flexibility index (Phi) is 6.29. The van der Waals surface area contributed by atoms with Crippen LogP contribution in [0, 0.1) is 7.14 Å². The average molecular weight is 718 g/mol. The van der Waals surface area contributed by atoms with Crippen LogP contribution in [-0.2, 0) is 6.42 Å². The number of halogens is 2. The van der Waals surface area contributed by atoms with Crippen LogP contribution in [0.25, 0.3) is 11.8 Å². The molecule has 0 saturated heterocycles. The predicted octanol–water partition coefficient (Wildman–Crippen LogP) is 5.24. The topological polar surface area (TPSA) is 63.8 Å². The number of benzene rings is 3. The van der Waals surface area contributed by atoms with Gasteiger partial charge in [0.15, 0.2) is 4.80 Å². The highest BCUT2D eigenvalue weighted by Crippen LogP contribution is 2.41. The Balaban J connectivity index is 1.62. The minimum Gasteiger partial charge on any atom is -0.506 e. The highest BCUT2D eigenvalue weighted by Gasteiger charge is 2.32. The first-order valence-electron chi connectivity index (χ1n) is 11.4. The number of allylic oxidation sites excluding steroid dienone is 1. The van der Waals surface area contributed by atoms with Crippen LogP contribution in [0.2, 0.25) is 0 Å². The van der Waals surface area contributed by atoms with Crippen LogP contribution in [0.3, 0.4) is 0 Å². The Labute approximate surface area is 238 Å². The lowest BCUT2D eigenvalue weighted by Crippen LogP contribution is -2.38. The number of rotatable bonds is 3. The zero-order chi connectivity index (χ0) is 25.0. The molecular formula is C28H20I2N2O3S. The standard InChI is InChI=1S/C28H20I2N2O3S/c1-35-18-7-4-6-17(14-18)25-20-10-9-16-5-2-3-8-19(16)24(20)31-28-32(25)27(34)23(36-28)13-15-11-21(29)26(33)22(30)12-15/h2-8,11-14,25,33H,9-10H2,1H3/b23-13-. The second-order valence-electron chi connectivity index (χ2n) is 8.72. The molecule has 180 valence electrons. The van der Waals surface area contributed by atoms with E-state index in [1.54, 1.807) is 7.11 Å². The molecule has 1 unspecified atom stereocenters. The number of methoxy groups -OCH3 is 1.